The van der Waals surface area contributed by atoms with Gasteiger partial charge in [-0.2, -0.15) is 0 Å². The monoisotopic (exact) mass is 342 g/mol. The van der Waals surface area contributed by atoms with E-state index in [2.05, 4.69) is 10.3 Å². The molecule has 1 heterocycles. The maximum absolute atomic E-state index is 13.2. The number of amides is 1. The van der Waals surface area contributed by atoms with Crippen molar-refractivity contribution in [3.63, 3.8) is 0 Å². The Morgan fingerprint density at radius 1 is 1.12 bits per heavy atom. The van der Waals surface area contributed by atoms with Crippen LogP contribution in [0.5, 0.6) is 0 Å². The van der Waals surface area contributed by atoms with Crippen molar-refractivity contribution in [2.45, 2.75) is 13.3 Å². The number of carbonyl (C=O) groups is 1. The predicted octanol–water partition coefficient (Wildman–Crippen LogP) is 3.90. The Kier molecular flexibility index (Phi) is 4.88. The fraction of sp³-hybridized carbons (Fsp3) is 0.158. The average Bonchev–Trinajstić information content (AvgIpc) is 2.99. The van der Waals surface area contributed by atoms with Gasteiger partial charge in [0.05, 0.1) is 5.69 Å². The molecule has 0 unspecified atom stereocenters. The number of oxazole rings is 1. The smallest absolute Gasteiger partial charge is 0.251 e. The number of carbonyl (C=O) groups excluding carboxylic acids is 1. The summed E-state index contributed by atoms with van der Waals surface area (Å²) < 4.78 is 31.7. The molecule has 0 bridgehead atoms. The highest BCUT2D eigenvalue weighted by Crippen LogP contribution is 2.21. The van der Waals surface area contributed by atoms with Crippen LogP contribution in [0.1, 0.15) is 21.8 Å². The summed E-state index contributed by atoms with van der Waals surface area (Å²) >= 11 is 0. The van der Waals surface area contributed by atoms with E-state index in [1.54, 1.807) is 0 Å². The van der Waals surface area contributed by atoms with E-state index >= 15 is 0 Å². The van der Waals surface area contributed by atoms with Gasteiger partial charge in [-0.3, -0.25) is 4.79 Å². The Morgan fingerprint density at radius 2 is 1.88 bits per heavy atom. The van der Waals surface area contributed by atoms with Gasteiger partial charge >= 0.3 is 0 Å². The summed E-state index contributed by atoms with van der Waals surface area (Å²) in [6.07, 6.45) is 0.470. The van der Waals surface area contributed by atoms with E-state index in [1.165, 1.54) is 6.07 Å². The van der Waals surface area contributed by atoms with Crippen LogP contribution < -0.4 is 5.32 Å². The van der Waals surface area contributed by atoms with E-state index < -0.39 is 17.5 Å². The third-order valence-corrected chi connectivity index (χ3v) is 3.74. The van der Waals surface area contributed by atoms with E-state index in [1.807, 2.05) is 37.3 Å². The number of rotatable bonds is 5. The lowest BCUT2D eigenvalue weighted by molar-refractivity contribution is 0.0953. The lowest BCUT2D eigenvalue weighted by Gasteiger charge is -2.04. The molecule has 3 rings (SSSR count). The lowest BCUT2D eigenvalue weighted by Crippen LogP contribution is -2.26. The summed E-state index contributed by atoms with van der Waals surface area (Å²) in [6.45, 7) is 2.12. The van der Waals surface area contributed by atoms with E-state index in [-0.39, 0.29) is 5.56 Å². The standard InChI is InChI=1S/C19H16F2N2O2/c1-12-17(23-19(25-12)13-5-3-2-4-6-13)9-10-22-18(24)14-7-8-15(20)16(21)11-14/h2-8,11H,9-10H2,1H3,(H,22,24). The number of nitrogens with one attached hydrogen (secondary N) is 1. The van der Waals surface area contributed by atoms with Crippen LogP contribution >= 0.6 is 0 Å². The van der Waals surface area contributed by atoms with Crippen molar-refractivity contribution in [2.75, 3.05) is 6.54 Å². The zero-order chi connectivity index (χ0) is 17.8. The molecule has 1 N–H and O–H groups in total. The Balaban J connectivity index is 1.61. The summed E-state index contributed by atoms with van der Waals surface area (Å²) in [6, 6.07) is 12.6. The van der Waals surface area contributed by atoms with Gasteiger partial charge in [0.2, 0.25) is 5.89 Å². The number of halogens is 2. The van der Waals surface area contributed by atoms with Gasteiger partial charge in [0, 0.05) is 24.1 Å². The normalized spacial score (nSPS) is 10.7. The first-order valence-corrected chi connectivity index (χ1v) is 7.79. The summed E-state index contributed by atoms with van der Waals surface area (Å²) in [5.41, 5.74) is 1.69. The minimum atomic E-state index is -1.05. The molecule has 128 valence electrons. The number of hydrogen-bond acceptors (Lipinski definition) is 3. The van der Waals surface area contributed by atoms with Crippen LogP contribution in [-0.4, -0.2) is 17.4 Å². The van der Waals surface area contributed by atoms with Crippen LogP contribution in [0.25, 0.3) is 11.5 Å². The van der Waals surface area contributed by atoms with E-state index in [9.17, 15) is 13.6 Å². The number of aryl methyl sites for hydroxylation is 1. The largest absolute Gasteiger partial charge is 0.441 e. The minimum Gasteiger partial charge on any atom is -0.441 e. The van der Waals surface area contributed by atoms with Crippen LogP contribution in [0.4, 0.5) is 8.78 Å². The first-order valence-electron chi connectivity index (χ1n) is 7.79. The van der Waals surface area contributed by atoms with Gasteiger partial charge in [-0.1, -0.05) is 18.2 Å². The molecule has 0 spiro atoms. The van der Waals surface area contributed by atoms with E-state index in [0.717, 1.165) is 23.4 Å². The van der Waals surface area contributed by atoms with Crippen molar-refractivity contribution in [3.8, 4) is 11.5 Å². The zero-order valence-electron chi connectivity index (χ0n) is 13.6. The molecule has 0 saturated heterocycles. The molecule has 3 aromatic rings. The van der Waals surface area contributed by atoms with Gasteiger partial charge in [-0.25, -0.2) is 13.8 Å². The average molecular weight is 342 g/mol. The molecule has 0 saturated carbocycles. The van der Waals surface area contributed by atoms with Gasteiger partial charge in [-0.15, -0.1) is 0 Å². The molecule has 1 amide bonds. The topological polar surface area (TPSA) is 55.1 Å². The Bertz CT molecular complexity index is 892. The third-order valence-electron chi connectivity index (χ3n) is 3.74. The van der Waals surface area contributed by atoms with Crippen molar-refractivity contribution in [1.82, 2.24) is 10.3 Å². The maximum Gasteiger partial charge on any atom is 0.251 e. The number of hydrogen-bond donors (Lipinski definition) is 1. The maximum atomic E-state index is 13.2. The van der Waals surface area contributed by atoms with Gasteiger partial charge in [-0.05, 0) is 37.3 Å². The second kappa shape index (κ2) is 7.25. The van der Waals surface area contributed by atoms with E-state index in [0.29, 0.717) is 24.6 Å². The van der Waals surface area contributed by atoms with Crippen LogP contribution in [0, 0.1) is 18.6 Å². The highest BCUT2D eigenvalue weighted by atomic mass is 19.2. The Hall–Kier alpha value is -3.02. The third kappa shape index (κ3) is 3.91. The number of aromatic nitrogens is 1. The van der Waals surface area contributed by atoms with Crippen LogP contribution in [0.15, 0.2) is 52.9 Å². The Morgan fingerprint density at radius 3 is 2.60 bits per heavy atom. The molecule has 0 aliphatic heterocycles. The SMILES string of the molecule is Cc1oc(-c2ccccc2)nc1CCNC(=O)c1ccc(F)c(F)c1. The van der Waals surface area contributed by atoms with Crippen molar-refractivity contribution in [3.05, 3.63) is 77.2 Å². The van der Waals surface area contributed by atoms with Crippen LogP contribution in [0.2, 0.25) is 0 Å². The van der Waals surface area contributed by atoms with Crippen LogP contribution in [-0.2, 0) is 6.42 Å². The molecule has 0 fully saturated rings. The molecule has 6 heteroatoms. The summed E-state index contributed by atoms with van der Waals surface area (Å²) in [5.74, 6) is -1.29. The highest BCUT2D eigenvalue weighted by molar-refractivity contribution is 5.94. The molecule has 0 radical (unpaired) electrons. The van der Waals surface area contributed by atoms with Gasteiger partial charge in [0.25, 0.3) is 5.91 Å². The van der Waals surface area contributed by atoms with Crippen molar-refractivity contribution in [1.29, 1.82) is 0 Å². The Labute approximate surface area is 143 Å². The van der Waals surface area contributed by atoms with Gasteiger partial charge in [0.15, 0.2) is 11.6 Å². The van der Waals surface area contributed by atoms with Crippen LogP contribution in [0.3, 0.4) is 0 Å². The highest BCUT2D eigenvalue weighted by Gasteiger charge is 2.13. The first kappa shape index (κ1) is 16.8. The summed E-state index contributed by atoms with van der Waals surface area (Å²) in [7, 11) is 0. The molecular weight excluding hydrogens is 326 g/mol. The molecule has 0 atom stereocenters. The van der Waals surface area contributed by atoms with E-state index in [4.69, 9.17) is 4.42 Å². The minimum absolute atomic E-state index is 0.0701. The fourth-order valence-electron chi connectivity index (χ4n) is 2.40. The quantitative estimate of drug-likeness (QED) is 0.765. The molecule has 25 heavy (non-hydrogen) atoms. The predicted molar refractivity (Wildman–Crippen MR) is 89.1 cm³/mol. The molecule has 0 aliphatic rings. The number of benzene rings is 2. The molecule has 1 aromatic heterocycles. The first-order chi connectivity index (χ1) is 12.0. The zero-order valence-corrected chi connectivity index (χ0v) is 13.6. The van der Waals surface area contributed by atoms with Crippen molar-refractivity contribution in [2.24, 2.45) is 0 Å². The molecule has 4 nitrogen and oxygen atoms in total. The molecular formula is C19H16F2N2O2. The summed E-state index contributed by atoms with van der Waals surface area (Å²) in [4.78, 5) is 16.4. The fourth-order valence-corrected chi connectivity index (χ4v) is 2.40. The molecule has 0 aliphatic carbocycles. The second-order valence-electron chi connectivity index (χ2n) is 5.52. The van der Waals surface area contributed by atoms with Crippen molar-refractivity contribution >= 4 is 5.91 Å². The van der Waals surface area contributed by atoms with Crippen molar-refractivity contribution < 1.29 is 18.0 Å². The molecule has 2 aromatic carbocycles. The second-order valence-corrected chi connectivity index (χ2v) is 5.52. The van der Waals surface area contributed by atoms with Gasteiger partial charge < -0.3 is 9.73 Å². The van der Waals surface area contributed by atoms with Gasteiger partial charge in [0.1, 0.15) is 5.76 Å². The summed E-state index contributed by atoms with van der Waals surface area (Å²) in [5, 5.41) is 2.66. The number of nitrogens with zero attached hydrogens (tertiary/aromatic N) is 1. The lowest BCUT2D eigenvalue weighted by atomic mass is 10.2.